The molecule has 0 atom stereocenters. The van der Waals surface area contributed by atoms with Crippen LogP contribution in [0.1, 0.15) is 12.8 Å². The van der Waals surface area contributed by atoms with E-state index in [1.54, 1.807) is 7.11 Å². The van der Waals surface area contributed by atoms with Crippen LogP contribution in [0.3, 0.4) is 0 Å². The molecule has 0 radical (unpaired) electrons. The number of benzene rings is 1. The zero-order valence-corrected chi connectivity index (χ0v) is 9.36. The molecule has 2 N–H and O–H groups in total. The summed E-state index contributed by atoms with van der Waals surface area (Å²) in [5.74, 6) is 0.890. The number of ether oxygens (including phenoxy) is 1. The Kier molecular flexibility index (Phi) is 2.57. The summed E-state index contributed by atoms with van der Waals surface area (Å²) < 4.78 is 5.12. The van der Waals surface area contributed by atoms with Gasteiger partial charge in [0.05, 0.1) is 7.11 Å². The molecule has 0 spiro atoms. The van der Waals surface area contributed by atoms with E-state index in [2.05, 4.69) is 24.1 Å². The van der Waals surface area contributed by atoms with Crippen molar-refractivity contribution in [1.29, 1.82) is 0 Å². The van der Waals surface area contributed by atoms with Crippen LogP contribution in [0.5, 0.6) is 5.75 Å². The maximum absolute atomic E-state index is 6.07. The standard InChI is InChI=1S/C12H18N2O/c1-14(9-12(13)7-8-12)10-3-5-11(15-2)6-4-10/h3-6H,7-9,13H2,1-2H3. The summed E-state index contributed by atoms with van der Waals surface area (Å²) in [6.45, 7) is 0.930. The Morgan fingerprint density at radius 2 is 1.93 bits per heavy atom. The lowest BCUT2D eigenvalue weighted by Crippen LogP contribution is -2.37. The van der Waals surface area contributed by atoms with Crippen molar-refractivity contribution in [2.45, 2.75) is 18.4 Å². The van der Waals surface area contributed by atoms with Gasteiger partial charge in [-0.05, 0) is 37.1 Å². The van der Waals surface area contributed by atoms with Crippen molar-refractivity contribution in [2.75, 3.05) is 25.6 Å². The maximum Gasteiger partial charge on any atom is 0.119 e. The minimum atomic E-state index is 0.0642. The van der Waals surface area contributed by atoms with E-state index in [0.717, 1.165) is 25.1 Å². The second kappa shape index (κ2) is 3.74. The number of likely N-dealkylation sites (N-methyl/N-ethyl adjacent to an activating group) is 1. The van der Waals surface area contributed by atoms with E-state index in [0.29, 0.717) is 0 Å². The van der Waals surface area contributed by atoms with E-state index >= 15 is 0 Å². The van der Waals surface area contributed by atoms with E-state index in [4.69, 9.17) is 10.5 Å². The molecule has 0 saturated heterocycles. The number of anilines is 1. The van der Waals surface area contributed by atoms with Gasteiger partial charge in [0.25, 0.3) is 0 Å². The highest BCUT2D eigenvalue weighted by atomic mass is 16.5. The minimum Gasteiger partial charge on any atom is -0.497 e. The second-order valence-corrected chi connectivity index (χ2v) is 4.42. The summed E-state index contributed by atoms with van der Waals surface area (Å²) in [6.07, 6.45) is 2.29. The smallest absolute Gasteiger partial charge is 0.119 e. The number of nitrogens with two attached hydrogens (primary N) is 1. The third-order valence-corrected chi connectivity index (χ3v) is 2.96. The molecule has 0 aliphatic heterocycles. The van der Waals surface area contributed by atoms with E-state index in [9.17, 15) is 0 Å². The monoisotopic (exact) mass is 206 g/mol. The first-order valence-electron chi connectivity index (χ1n) is 5.27. The van der Waals surface area contributed by atoms with Crippen LogP contribution in [0, 0.1) is 0 Å². The van der Waals surface area contributed by atoms with Crippen LogP contribution in [0.25, 0.3) is 0 Å². The second-order valence-electron chi connectivity index (χ2n) is 4.42. The molecule has 0 aromatic heterocycles. The van der Waals surface area contributed by atoms with E-state index < -0.39 is 0 Å². The lowest BCUT2D eigenvalue weighted by Gasteiger charge is -2.23. The Bertz CT molecular complexity index is 330. The number of hydrogen-bond donors (Lipinski definition) is 1. The van der Waals surface area contributed by atoms with Crippen LogP contribution in [-0.4, -0.2) is 26.2 Å². The molecule has 3 heteroatoms. The van der Waals surface area contributed by atoms with Gasteiger partial charge in [0.1, 0.15) is 5.75 Å². The Labute approximate surface area is 90.8 Å². The molecule has 0 amide bonds. The van der Waals surface area contributed by atoms with E-state index in [1.807, 2.05) is 12.1 Å². The highest BCUT2D eigenvalue weighted by Crippen LogP contribution is 2.33. The van der Waals surface area contributed by atoms with Crippen LogP contribution < -0.4 is 15.4 Å². The van der Waals surface area contributed by atoms with Crippen LogP contribution in [0.4, 0.5) is 5.69 Å². The molecular weight excluding hydrogens is 188 g/mol. The summed E-state index contributed by atoms with van der Waals surface area (Å²) in [4.78, 5) is 2.20. The Balaban J connectivity index is 2.01. The van der Waals surface area contributed by atoms with Gasteiger partial charge in [-0.1, -0.05) is 0 Å². The average Bonchev–Trinajstić information content (AvgIpc) is 2.96. The fourth-order valence-corrected chi connectivity index (χ4v) is 1.72. The van der Waals surface area contributed by atoms with Gasteiger partial charge in [-0.3, -0.25) is 0 Å². The first kappa shape index (κ1) is 10.3. The Morgan fingerprint density at radius 1 is 1.33 bits per heavy atom. The first-order chi connectivity index (χ1) is 7.13. The molecule has 0 bridgehead atoms. The van der Waals surface area contributed by atoms with Crippen molar-refractivity contribution in [3.8, 4) is 5.75 Å². The van der Waals surface area contributed by atoms with Gasteiger partial charge in [0.2, 0.25) is 0 Å². The molecule has 1 aliphatic rings. The Morgan fingerprint density at radius 3 is 2.40 bits per heavy atom. The number of hydrogen-bond acceptors (Lipinski definition) is 3. The zero-order chi connectivity index (χ0) is 10.9. The quantitative estimate of drug-likeness (QED) is 0.813. The lowest BCUT2D eigenvalue weighted by molar-refractivity contribution is 0.415. The molecule has 0 unspecified atom stereocenters. The third kappa shape index (κ3) is 2.42. The molecule has 1 aromatic carbocycles. The summed E-state index contributed by atoms with van der Waals surface area (Å²) >= 11 is 0. The van der Waals surface area contributed by atoms with Crippen molar-refractivity contribution >= 4 is 5.69 Å². The van der Waals surface area contributed by atoms with Crippen molar-refractivity contribution < 1.29 is 4.74 Å². The van der Waals surface area contributed by atoms with E-state index in [1.165, 1.54) is 5.69 Å². The van der Waals surface area contributed by atoms with Crippen LogP contribution in [0.2, 0.25) is 0 Å². The minimum absolute atomic E-state index is 0.0642. The van der Waals surface area contributed by atoms with Crippen molar-refractivity contribution in [1.82, 2.24) is 0 Å². The van der Waals surface area contributed by atoms with Gasteiger partial charge < -0.3 is 15.4 Å². The molecule has 1 aromatic rings. The largest absolute Gasteiger partial charge is 0.497 e. The van der Waals surface area contributed by atoms with Crippen molar-refractivity contribution in [3.63, 3.8) is 0 Å². The van der Waals surface area contributed by atoms with E-state index in [-0.39, 0.29) is 5.54 Å². The van der Waals surface area contributed by atoms with Crippen molar-refractivity contribution in [2.24, 2.45) is 5.73 Å². The normalized spacial score (nSPS) is 17.3. The molecule has 1 aliphatic carbocycles. The van der Waals surface area contributed by atoms with Gasteiger partial charge in [-0.15, -0.1) is 0 Å². The predicted molar refractivity (Wildman–Crippen MR) is 62.4 cm³/mol. The van der Waals surface area contributed by atoms with Gasteiger partial charge in [-0.2, -0.15) is 0 Å². The maximum atomic E-state index is 6.07. The fraction of sp³-hybridized carbons (Fsp3) is 0.500. The predicted octanol–water partition coefficient (Wildman–Crippen LogP) is 1.62. The summed E-state index contributed by atoms with van der Waals surface area (Å²) in [5, 5.41) is 0. The van der Waals surface area contributed by atoms with Crippen LogP contribution in [-0.2, 0) is 0 Å². The fourth-order valence-electron chi connectivity index (χ4n) is 1.72. The summed E-state index contributed by atoms with van der Waals surface area (Å²) in [6, 6.07) is 8.07. The van der Waals surface area contributed by atoms with Crippen LogP contribution >= 0.6 is 0 Å². The highest BCUT2D eigenvalue weighted by Gasteiger charge is 2.39. The van der Waals surface area contributed by atoms with Crippen molar-refractivity contribution in [3.05, 3.63) is 24.3 Å². The number of rotatable bonds is 4. The zero-order valence-electron chi connectivity index (χ0n) is 9.36. The number of methoxy groups -OCH3 is 1. The Hall–Kier alpha value is -1.22. The number of nitrogens with zero attached hydrogens (tertiary/aromatic N) is 1. The SMILES string of the molecule is COc1ccc(N(C)CC2(N)CC2)cc1. The van der Waals surface area contributed by atoms with Gasteiger partial charge >= 0.3 is 0 Å². The van der Waals surface area contributed by atoms with Gasteiger partial charge in [-0.25, -0.2) is 0 Å². The first-order valence-corrected chi connectivity index (χ1v) is 5.27. The van der Waals surface area contributed by atoms with Gasteiger partial charge in [0, 0.05) is 24.8 Å². The molecule has 1 fully saturated rings. The lowest BCUT2D eigenvalue weighted by atomic mass is 10.2. The molecule has 2 rings (SSSR count). The summed E-state index contributed by atoms with van der Waals surface area (Å²) in [5.41, 5.74) is 7.33. The molecule has 1 saturated carbocycles. The third-order valence-electron chi connectivity index (χ3n) is 2.96. The topological polar surface area (TPSA) is 38.5 Å². The van der Waals surface area contributed by atoms with Gasteiger partial charge in [0.15, 0.2) is 0 Å². The van der Waals surface area contributed by atoms with Crippen LogP contribution in [0.15, 0.2) is 24.3 Å². The molecular formula is C12H18N2O. The molecule has 82 valence electrons. The molecule has 3 nitrogen and oxygen atoms in total. The highest BCUT2D eigenvalue weighted by molar-refractivity contribution is 5.49. The summed E-state index contributed by atoms with van der Waals surface area (Å²) in [7, 11) is 3.76. The molecule has 15 heavy (non-hydrogen) atoms. The average molecular weight is 206 g/mol. The molecule has 0 heterocycles.